The first-order chi connectivity index (χ1) is 17.1. The van der Waals surface area contributed by atoms with E-state index in [1.807, 2.05) is 18.2 Å². The Kier molecular flexibility index (Phi) is 6.71. The van der Waals surface area contributed by atoms with E-state index in [0.717, 1.165) is 37.9 Å². The number of carbonyl (C=O) groups is 2. The van der Waals surface area contributed by atoms with E-state index >= 15 is 0 Å². The zero-order valence-electron chi connectivity index (χ0n) is 19.5. The standard InChI is InChI=1S/C25H28N6O4/c1-34-22-8-6-18-23(31-22)19(9-10-27-18)29-25(33)16-4-2-3-15(11-16)12-26-13-17-5-7-20-24(28-17)30-21(32)14-35-20/h5-10,15-16,26H,2-4,11-14H2,1H3,(H,27,29,33)(H,28,30,32). The maximum Gasteiger partial charge on any atom is 0.263 e. The quantitative estimate of drug-likeness (QED) is 0.475. The Morgan fingerprint density at radius 3 is 3.00 bits per heavy atom. The molecule has 1 aliphatic carbocycles. The van der Waals surface area contributed by atoms with Gasteiger partial charge in [-0.05, 0) is 56.0 Å². The summed E-state index contributed by atoms with van der Waals surface area (Å²) in [6.45, 7) is 1.39. The van der Waals surface area contributed by atoms with E-state index in [4.69, 9.17) is 9.47 Å². The van der Waals surface area contributed by atoms with E-state index < -0.39 is 0 Å². The SMILES string of the molecule is COc1ccc2nccc(NC(=O)C3CCCC(CNCc4ccc5c(n4)NC(=O)CO5)C3)c2n1. The lowest BCUT2D eigenvalue weighted by atomic mass is 9.81. The van der Waals surface area contributed by atoms with E-state index in [1.165, 1.54) is 0 Å². The van der Waals surface area contributed by atoms with Crippen LogP contribution in [0, 0.1) is 11.8 Å². The van der Waals surface area contributed by atoms with Crippen molar-refractivity contribution in [2.24, 2.45) is 11.8 Å². The summed E-state index contributed by atoms with van der Waals surface area (Å²) in [5.41, 5.74) is 2.80. The second-order valence-electron chi connectivity index (χ2n) is 8.92. The van der Waals surface area contributed by atoms with Crippen LogP contribution in [-0.2, 0) is 16.1 Å². The number of methoxy groups -OCH3 is 1. The second kappa shape index (κ2) is 10.2. The van der Waals surface area contributed by atoms with Gasteiger partial charge in [-0.2, -0.15) is 0 Å². The number of nitrogens with one attached hydrogen (secondary N) is 3. The lowest BCUT2D eigenvalue weighted by molar-refractivity contribution is -0.121. The summed E-state index contributed by atoms with van der Waals surface area (Å²) in [5, 5.41) is 9.26. The first-order valence-electron chi connectivity index (χ1n) is 11.8. The normalized spacial score (nSPS) is 19.4. The highest BCUT2D eigenvalue weighted by Gasteiger charge is 2.27. The molecule has 0 radical (unpaired) electrons. The Labute approximate surface area is 202 Å². The summed E-state index contributed by atoms with van der Waals surface area (Å²) in [4.78, 5) is 37.9. The van der Waals surface area contributed by atoms with Gasteiger partial charge in [-0.15, -0.1) is 0 Å². The van der Waals surface area contributed by atoms with Crippen LogP contribution in [0.25, 0.3) is 11.0 Å². The van der Waals surface area contributed by atoms with Crippen LogP contribution in [0.1, 0.15) is 31.4 Å². The average molecular weight is 477 g/mol. The molecule has 2 aliphatic rings. The third kappa shape index (κ3) is 5.32. The Morgan fingerprint density at radius 2 is 2.11 bits per heavy atom. The molecule has 2 amide bonds. The fraction of sp³-hybridized carbons (Fsp3) is 0.400. The minimum atomic E-state index is -0.198. The summed E-state index contributed by atoms with van der Waals surface area (Å²) in [6.07, 6.45) is 5.45. The zero-order valence-corrected chi connectivity index (χ0v) is 19.5. The molecule has 10 nitrogen and oxygen atoms in total. The number of pyridine rings is 3. The highest BCUT2D eigenvalue weighted by Crippen LogP contribution is 2.31. The van der Waals surface area contributed by atoms with Crippen LogP contribution in [-0.4, -0.2) is 47.0 Å². The Hall–Kier alpha value is -3.79. The van der Waals surface area contributed by atoms with Crippen molar-refractivity contribution in [1.82, 2.24) is 20.3 Å². The minimum Gasteiger partial charge on any atom is -0.481 e. The number of nitrogens with zero attached hydrogens (tertiary/aromatic N) is 3. The highest BCUT2D eigenvalue weighted by atomic mass is 16.5. The number of amides is 2. The maximum atomic E-state index is 13.1. The predicted octanol–water partition coefficient (Wildman–Crippen LogP) is 2.90. The molecule has 10 heteroatoms. The van der Waals surface area contributed by atoms with Gasteiger partial charge in [0.15, 0.2) is 18.2 Å². The molecule has 3 N–H and O–H groups in total. The first kappa shape index (κ1) is 23.0. The molecule has 0 saturated heterocycles. The number of anilines is 2. The van der Waals surface area contributed by atoms with E-state index in [1.54, 1.807) is 25.4 Å². The van der Waals surface area contributed by atoms with Crippen molar-refractivity contribution in [1.29, 1.82) is 0 Å². The van der Waals surface area contributed by atoms with Crippen LogP contribution >= 0.6 is 0 Å². The van der Waals surface area contributed by atoms with Gasteiger partial charge in [0.05, 0.1) is 24.0 Å². The number of carbonyl (C=O) groups excluding carboxylic acids is 2. The van der Waals surface area contributed by atoms with Crippen molar-refractivity contribution in [3.05, 3.63) is 42.2 Å². The molecule has 182 valence electrons. The predicted molar refractivity (Wildman–Crippen MR) is 130 cm³/mol. The molecule has 1 aliphatic heterocycles. The number of hydrogen-bond donors (Lipinski definition) is 3. The summed E-state index contributed by atoms with van der Waals surface area (Å²) >= 11 is 0. The summed E-state index contributed by atoms with van der Waals surface area (Å²) in [5.74, 6) is 1.69. The molecule has 0 aromatic carbocycles. The van der Waals surface area contributed by atoms with Gasteiger partial charge in [0, 0.05) is 24.7 Å². The smallest absolute Gasteiger partial charge is 0.263 e. The third-order valence-corrected chi connectivity index (χ3v) is 6.45. The molecule has 0 bridgehead atoms. The van der Waals surface area contributed by atoms with Crippen molar-refractivity contribution in [2.45, 2.75) is 32.2 Å². The van der Waals surface area contributed by atoms with Crippen LogP contribution in [0.2, 0.25) is 0 Å². The van der Waals surface area contributed by atoms with E-state index in [2.05, 4.69) is 30.9 Å². The highest BCUT2D eigenvalue weighted by molar-refractivity contribution is 6.00. The topological polar surface area (TPSA) is 127 Å². The molecule has 1 saturated carbocycles. The summed E-state index contributed by atoms with van der Waals surface area (Å²) in [6, 6.07) is 9.07. The zero-order chi connectivity index (χ0) is 24.2. The lowest BCUT2D eigenvalue weighted by Crippen LogP contribution is -2.32. The monoisotopic (exact) mass is 476 g/mol. The summed E-state index contributed by atoms with van der Waals surface area (Å²) < 4.78 is 10.6. The lowest BCUT2D eigenvalue weighted by Gasteiger charge is -2.28. The number of hydrogen-bond acceptors (Lipinski definition) is 8. The molecule has 2 atom stereocenters. The van der Waals surface area contributed by atoms with Gasteiger partial charge in [0.25, 0.3) is 5.91 Å². The third-order valence-electron chi connectivity index (χ3n) is 6.45. The van der Waals surface area contributed by atoms with Gasteiger partial charge in [0.1, 0.15) is 5.52 Å². The number of rotatable bonds is 7. The van der Waals surface area contributed by atoms with Crippen LogP contribution in [0.3, 0.4) is 0 Å². The fourth-order valence-corrected chi connectivity index (χ4v) is 4.68. The van der Waals surface area contributed by atoms with Crippen molar-refractivity contribution in [2.75, 3.05) is 30.9 Å². The minimum absolute atomic E-state index is 0.0129. The van der Waals surface area contributed by atoms with Gasteiger partial charge < -0.3 is 25.4 Å². The molecule has 35 heavy (non-hydrogen) atoms. The molecule has 5 rings (SSSR count). The second-order valence-corrected chi connectivity index (χ2v) is 8.92. The molecular formula is C25H28N6O4. The van der Waals surface area contributed by atoms with Gasteiger partial charge in [-0.3, -0.25) is 14.6 Å². The average Bonchev–Trinajstić information content (AvgIpc) is 2.88. The van der Waals surface area contributed by atoms with Crippen LogP contribution in [0.4, 0.5) is 11.5 Å². The van der Waals surface area contributed by atoms with Gasteiger partial charge >= 0.3 is 0 Å². The molecule has 4 heterocycles. The van der Waals surface area contributed by atoms with Crippen molar-refractivity contribution in [3.8, 4) is 11.6 Å². The Bertz CT molecular complexity index is 1250. The van der Waals surface area contributed by atoms with Crippen molar-refractivity contribution >= 4 is 34.4 Å². The molecule has 0 spiro atoms. The Balaban J connectivity index is 1.16. The van der Waals surface area contributed by atoms with Crippen molar-refractivity contribution < 1.29 is 19.1 Å². The maximum absolute atomic E-state index is 13.1. The van der Waals surface area contributed by atoms with E-state index in [0.29, 0.717) is 46.6 Å². The molecule has 3 aromatic heterocycles. The van der Waals surface area contributed by atoms with Crippen LogP contribution in [0.15, 0.2) is 36.5 Å². The van der Waals surface area contributed by atoms with E-state index in [9.17, 15) is 9.59 Å². The number of ether oxygens (including phenoxy) is 2. The van der Waals surface area contributed by atoms with Gasteiger partial charge in [-0.25, -0.2) is 9.97 Å². The molecule has 2 unspecified atom stereocenters. The molecule has 1 fully saturated rings. The summed E-state index contributed by atoms with van der Waals surface area (Å²) in [7, 11) is 1.56. The molecular weight excluding hydrogens is 448 g/mol. The largest absolute Gasteiger partial charge is 0.481 e. The van der Waals surface area contributed by atoms with Crippen LogP contribution < -0.4 is 25.4 Å². The van der Waals surface area contributed by atoms with Gasteiger partial charge in [0.2, 0.25) is 11.8 Å². The fourth-order valence-electron chi connectivity index (χ4n) is 4.68. The van der Waals surface area contributed by atoms with E-state index in [-0.39, 0.29) is 24.3 Å². The number of aromatic nitrogens is 3. The van der Waals surface area contributed by atoms with Crippen LogP contribution in [0.5, 0.6) is 11.6 Å². The Morgan fingerprint density at radius 1 is 1.20 bits per heavy atom. The molecule has 3 aromatic rings. The number of fused-ring (bicyclic) bond motifs is 2. The first-order valence-corrected chi connectivity index (χ1v) is 11.8. The van der Waals surface area contributed by atoms with Crippen molar-refractivity contribution in [3.63, 3.8) is 0 Å². The van der Waals surface area contributed by atoms with Gasteiger partial charge in [-0.1, -0.05) is 6.42 Å².